The Kier molecular flexibility index (Phi) is 5.14. The van der Waals surface area contributed by atoms with Crippen LogP contribution in [-0.2, 0) is 23.2 Å². The van der Waals surface area contributed by atoms with Crippen LogP contribution in [0.5, 0.6) is 0 Å². The van der Waals surface area contributed by atoms with Gasteiger partial charge in [0.1, 0.15) is 11.6 Å². The van der Waals surface area contributed by atoms with Crippen molar-refractivity contribution >= 4 is 17.4 Å². The monoisotopic (exact) mass is 420 g/mol. The molecule has 0 spiro atoms. The van der Waals surface area contributed by atoms with Crippen molar-refractivity contribution in [1.29, 1.82) is 0 Å². The Labute approximate surface area is 178 Å². The van der Waals surface area contributed by atoms with Crippen molar-refractivity contribution in [1.82, 2.24) is 19.7 Å². The van der Waals surface area contributed by atoms with E-state index in [9.17, 15) is 19.1 Å². The number of aliphatic hydroxyl groups is 1. The number of pyridine rings is 1. The number of rotatable bonds is 4. The van der Waals surface area contributed by atoms with Crippen molar-refractivity contribution in [3.63, 3.8) is 0 Å². The number of ketones is 1. The third-order valence-electron chi connectivity index (χ3n) is 5.55. The summed E-state index contributed by atoms with van der Waals surface area (Å²) in [4.78, 5) is 31.5. The number of Topliss-reactive ketones (excluding diaryl/α,β-unsaturated/α-hetero) is 1. The Balaban J connectivity index is 1.91. The first-order valence-corrected chi connectivity index (χ1v) is 9.73. The van der Waals surface area contributed by atoms with E-state index in [4.69, 9.17) is 0 Å². The van der Waals surface area contributed by atoms with Crippen LogP contribution in [0.2, 0.25) is 0 Å². The highest BCUT2D eigenvalue weighted by molar-refractivity contribution is 6.46. The van der Waals surface area contributed by atoms with Crippen LogP contribution in [0.3, 0.4) is 0 Å². The summed E-state index contributed by atoms with van der Waals surface area (Å²) in [6.45, 7) is 3.61. The third-order valence-corrected chi connectivity index (χ3v) is 5.55. The number of aliphatic hydroxyl groups excluding tert-OH is 1. The van der Waals surface area contributed by atoms with Gasteiger partial charge in [0.2, 0.25) is 0 Å². The minimum atomic E-state index is -0.875. The largest absolute Gasteiger partial charge is 0.507 e. The molecule has 0 saturated carbocycles. The van der Waals surface area contributed by atoms with E-state index < -0.39 is 23.5 Å². The Bertz CT molecular complexity index is 1200. The van der Waals surface area contributed by atoms with Crippen LogP contribution < -0.4 is 0 Å². The fraction of sp³-hybridized carbons (Fsp3) is 0.217. The maximum Gasteiger partial charge on any atom is 0.295 e. The van der Waals surface area contributed by atoms with Gasteiger partial charge in [-0.25, -0.2) is 4.39 Å². The van der Waals surface area contributed by atoms with Crippen molar-refractivity contribution in [3.8, 4) is 0 Å². The summed E-state index contributed by atoms with van der Waals surface area (Å²) >= 11 is 0. The molecule has 2 aromatic heterocycles. The lowest BCUT2D eigenvalue weighted by Gasteiger charge is -2.25. The SMILES string of the molecule is Cc1nn(C)c(C)c1C(O)=C1C(=O)C(=O)N(Cc2cccnc2)[C@@H]1c1ccc(F)cc1. The summed E-state index contributed by atoms with van der Waals surface area (Å²) in [5, 5.41) is 15.5. The second kappa shape index (κ2) is 7.79. The second-order valence-electron chi connectivity index (χ2n) is 7.51. The van der Waals surface area contributed by atoms with Crippen LogP contribution in [0.25, 0.3) is 5.76 Å². The van der Waals surface area contributed by atoms with Crippen molar-refractivity contribution in [2.75, 3.05) is 0 Å². The van der Waals surface area contributed by atoms with Gasteiger partial charge in [0.05, 0.1) is 22.9 Å². The van der Waals surface area contributed by atoms with Gasteiger partial charge in [-0.3, -0.25) is 19.3 Å². The average Bonchev–Trinajstić information content (AvgIpc) is 3.15. The van der Waals surface area contributed by atoms with Crippen LogP contribution in [-0.4, -0.2) is 36.5 Å². The Morgan fingerprint density at radius 2 is 1.87 bits per heavy atom. The maximum atomic E-state index is 13.6. The predicted octanol–water partition coefficient (Wildman–Crippen LogP) is 3.19. The van der Waals surface area contributed by atoms with Crippen LogP contribution in [0, 0.1) is 19.7 Å². The number of benzene rings is 1. The first-order chi connectivity index (χ1) is 14.8. The summed E-state index contributed by atoms with van der Waals surface area (Å²) in [6, 6.07) is 8.21. The summed E-state index contributed by atoms with van der Waals surface area (Å²) < 4.78 is 15.2. The summed E-state index contributed by atoms with van der Waals surface area (Å²) in [5.74, 6) is -2.26. The lowest BCUT2D eigenvalue weighted by atomic mass is 9.94. The highest BCUT2D eigenvalue weighted by Crippen LogP contribution is 2.41. The zero-order valence-corrected chi connectivity index (χ0v) is 17.3. The minimum absolute atomic E-state index is 0.0419. The number of likely N-dealkylation sites (tertiary alicyclic amines) is 1. The molecule has 1 atom stereocenters. The third kappa shape index (κ3) is 3.50. The molecule has 1 aliphatic heterocycles. The normalized spacial score (nSPS) is 18.1. The lowest BCUT2D eigenvalue weighted by Crippen LogP contribution is -2.29. The van der Waals surface area contributed by atoms with Gasteiger partial charge in [0.15, 0.2) is 0 Å². The van der Waals surface area contributed by atoms with Gasteiger partial charge in [-0.15, -0.1) is 0 Å². The number of nitrogens with zero attached hydrogens (tertiary/aromatic N) is 4. The molecule has 31 heavy (non-hydrogen) atoms. The highest BCUT2D eigenvalue weighted by Gasteiger charge is 2.46. The van der Waals surface area contributed by atoms with Gasteiger partial charge in [-0.2, -0.15) is 5.10 Å². The fourth-order valence-electron chi connectivity index (χ4n) is 3.97. The predicted molar refractivity (Wildman–Crippen MR) is 111 cm³/mol. The number of aromatic nitrogens is 3. The van der Waals surface area contributed by atoms with Crippen molar-refractivity contribution in [2.24, 2.45) is 7.05 Å². The summed E-state index contributed by atoms with van der Waals surface area (Å²) in [7, 11) is 1.73. The molecule has 1 saturated heterocycles. The lowest BCUT2D eigenvalue weighted by molar-refractivity contribution is -0.140. The molecule has 4 rings (SSSR count). The molecule has 1 amide bonds. The van der Waals surface area contributed by atoms with Crippen LogP contribution in [0.15, 0.2) is 54.4 Å². The standard InChI is InChI=1S/C23H21FN4O3/c1-13-18(14(2)27(3)26-13)21(29)19-20(16-6-8-17(24)9-7-16)28(23(31)22(19)30)12-15-5-4-10-25-11-15/h4-11,20,29H,12H2,1-3H3/t20-/m1/s1. The number of carbonyl (C=O) groups excluding carboxylic acids is 2. The molecule has 0 aliphatic carbocycles. The van der Waals surface area contributed by atoms with Gasteiger partial charge in [0, 0.05) is 31.7 Å². The van der Waals surface area contributed by atoms with E-state index in [1.54, 1.807) is 50.1 Å². The smallest absolute Gasteiger partial charge is 0.295 e. The van der Waals surface area contributed by atoms with Crippen LogP contribution in [0.1, 0.15) is 34.1 Å². The molecule has 1 N–H and O–H groups in total. The second-order valence-corrected chi connectivity index (χ2v) is 7.51. The summed E-state index contributed by atoms with van der Waals surface area (Å²) in [6.07, 6.45) is 3.22. The molecular formula is C23H21FN4O3. The molecule has 0 bridgehead atoms. The topological polar surface area (TPSA) is 88.3 Å². The van der Waals surface area contributed by atoms with Gasteiger partial charge in [0.25, 0.3) is 11.7 Å². The number of hydrogen-bond donors (Lipinski definition) is 1. The van der Waals surface area contributed by atoms with E-state index in [-0.39, 0.29) is 17.9 Å². The van der Waals surface area contributed by atoms with Crippen LogP contribution >= 0.6 is 0 Å². The van der Waals surface area contributed by atoms with Crippen molar-refractivity contribution in [3.05, 3.63) is 88.3 Å². The molecule has 1 fully saturated rings. The number of hydrogen-bond acceptors (Lipinski definition) is 5. The number of halogens is 1. The molecule has 0 unspecified atom stereocenters. The van der Waals surface area contributed by atoms with Gasteiger partial charge >= 0.3 is 0 Å². The Morgan fingerprint density at radius 3 is 2.45 bits per heavy atom. The molecule has 8 heteroatoms. The molecule has 1 aliphatic rings. The van der Waals surface area contributed by atoms with Crippen molar-refractivity contribution in [2.45, 2.75) is 26.4 Å². The van der Waals surface area contributed by atoms with E-state index in [0.29, 0.717) is 22.5 Å². The van der Waals surface area contributed by atoms with E-state index in [0.717, 1.165) is 5.56 Å². The van der Waals surface area contributed by atoms with E-state index in [1.807, 2.05) is 0 Å². The zero-order chi connectivity index (χ0) is 22.3. The molecule has 7 nitrogen and oxygen atoms in total. The number of amides is 1. The Hall–Kier alpha value is -3.81. The van der Waals surface area contributed by atoms with E-state index in [2.05, 4.69) is 10.1 Å². The molecule has 3 heterocycles. The number of aryl methyl sites for hydroxylation is 2. The van der Waals surface area contributed by atoms with E-state index >= 15 is 0 Å². The van der Waals surface area contributed by atoms with Crippen molar-refractivity contribution < 1.29 is 19.1 Å². The Morgan fingerprint density at radius 1 is 1.16 bits per heavy atom. The van der Waals surface area contributed by atoms with Gasteiger partial charge < -0.3 is 10.0 Å². The van der Waals surface area contributed by atoms with E-state index in [1.165, 1.54) is 29.2 Å². The highest BCUT2D eigenvalue weighted by atomic mass is 19.1. The molecule has 1 aromatic carbocycles. The summed E-state index contributed by atoms with van der Waals surface area (Å²) in [5.41, 5.74) is 2.81. The maximum absolute atomic E-state index is 13.6. The molecule has 158 valence electrons. The first-order valence-electron chi connectivity index (χ1n) is 9.73. The quantitative estimate of drug-likeness (QED) is 0.398. The number of carbonyl (C=O) groups is 2. The fourth-order valence-corrected chi connectivity index (χ4v) is 3.97. The molecule has 0 radical (unpaired) electrons. The average molecular weight is 420 g/mol. The van der Waals surface area contributed by atoms with Crippen LogP contribution in [0.4, 0.5) is 4.39 Å². The van der Waals surface area contributed by atoms with Gasteiger partial charge in [-0.05, 0) is 43.2 Å². The first kappa shape index (κ1) is 20.5. The molecule has 3 aromatic rings. The molecular weight excluding hydrogens is 399 g/mol. The minimum Gasteiger partial charge on any atom is -0.507 e. The van der Waals surface area contributed by atoms with Gasteiger partial charge in [-0.1, -0.05) is 18.2 Å². The zero-order valence-electron chi connectivity index (χ0n) is 17.3.